The Balaban J connectivity index is 2.79. The Labute approximate surface area is 112 Å². The van der Waals surface area contributed by atoms with Gasteiger partial charge in [0.05, 0.1) is 0 Å². The van der Waals surface area contributed by atoms with E-state index in [1.54, 1.807) is 0 Å². The Bertz CT molecular complexity index is 307. The molecular formula is C16H28O2. The van der Waals surface area contributed by atoms with E-state index in [0.29, 0.717) is 13.2 Å². The van der Waals surface area contributed by atoms with Crippen molar-refractivity contribution in [1.29, 1.82) is 0 Å². The molecule has 0 aromatic rings. The van der Waals surface area contributed by atoms with Crippen LogP contribution in [-0.2, 0) is 9.47 Å². The highest BCUT2D eigenvalue weighted by Crippen LogP contribution is 2.40. The summed E-state index contributed by atoms with van der Waals surface area (Å²) in [5.74, 6) is 0. The summed E-state index contributed by atoms with van der Waals surface area (Å²) < 4.78 is 11.1. The van der Waals surface area contributed by atoms with Crippen LogP contribution in [-0.4, -0.2) is 19.5 Å². The summed E-state index contributed by atoms with van der Waals surface area (Å²) in [7, 11) is 0. The van der Waals surface area contributed by atoms with Gasteiger partial charge in [-0.2, -0.15) is 0 Å². The largest absolute Gasteiger partial charge is 0.349 e. The molecular weight excluding hydrogens is 224 g/mol. The van der Waals surface area contributed by atoms with Gasteiger partial charge in [-0.25, -0.2) is 0 Å². The number of allylic oxidation sites excluding steroid dienone is 3. The van der Waals surface area contributed by atoms with E-state index in [-0.39, 0.29) is 11.7 Å². The third-order valence-electron chi connectivity index (χ3n) is 3.62. The fraction of sp³-hybridized carbons (Fsp3) is 0.750. The highest BCUT2D eigenvalue weighted by Gasteiger charge is 2.26. The summed E-state index contributed by atoms with van der Waals surface area (Å²) in [6.07, 6.45) is 7.84. The molecule has 18 heavy (non-hydrogen) atoms. The Kier molecular flexibility index (Phi) is 6.10. The molecule has 2 heteroatoms. The fourth-order valence-electron chi connectivity index (χ4n) is 2.67. The molecule has 0 aliphatic heterocycles. The second-order valence-electron chi connectivity index (χ2n) is 5.57. The zero-order valence-corrected chi connectivity index (χ0v) is 12.6. The smallest absolute Gasteiger partial charge is 0.177 e. The van der Waals surface area contributed by atoms with E-state index in [4.69, 9.17) is 9.47 Å². The second kappa shape index (κ2) is 7.10. The van der Waals surface area contributed by atoms with Gasteiger partial charge in [-0.05, 0) is 57.1 Å². The SMILES string of the molecule is CCOC(/C=C/C1=C(C)CCCC1(C)C)OCC. The molecule has 0 saturated heterocycles. The van der Waals surface area contributed by atoms with Crippen LogP contribution in [0.1, 0.15) is 53.9 Å². The molecule has 0 aromatic heterocycles. The lowest BCUT2D eigenvalue weighted by atomic mass is 9.72. The predicted octanol–water partition coefficient (Wildman–Crippen LogP) is 4.47. The van der Waals surface area contributed by atoms with Crippen LogP contribution in [0.5, 0.6) is 0 Å². The van der Waals surface area contributed by atoms with Crippen molar-refractivity contribution >= 4 is 0 Å². The van der Waals surface area contributed by atoms with Gasteiger partial charge >= 0.3 is 0 Å². The number of ether oxygens (including phenoxy) is 2. The van der Waals surface area contributed by atoms with Gasteiger partial charge in [0.15, 0.2) is 6.29 Å². The highest BCUT2D eigenvalue weighted by atomic mass is 16.7. The molecule has 0 heterocycles. The van der Waals surface area contributed by atoms with Crippen LogP contribution in [0, 0.1) is 5.41 Å². The van der Waals surface area contributed by atoms with Crippen molar-refractivity contribution in [3.05, 3.63) is 23.3 Å². The molecule has 2 nitrogen and oxygen atoms in total. The van der Waals surface area contributed by atoms with Gasteiger partial charge in [0.1, 0.15) is 0 Å². The van der Waals surface area contributed by atoms with E-state index >= 15 is 0 Å². The number of rotatable bonds is 6. The van der Waals surface area contributed by atoms with E-state index in [2.05, 4.69) is 32.9 Å². The standard InChI is InChI=1S/C16H28O2/c1-6-17-15(18-7-2)11-10-14-13(3)9-8-12-16(14,4)5/h10-11,15H,6-9,12H2,1-5H3/b11-10+. The van der Waals surface area contributed by atoms with Crippen LogP contribution < -0.4 is 0 Å². The molecule has 1 aliphatic rings. The van der Waals surface area contributed by atoms with Crippen molar-refractivity contribution in [1.82, 2.24) is 0 Å². The Morgan fingerprint density at radius 2 is 1.83 bits per heavy atom. The maximum atomic E-state index is 5.55. The Morgan fingerprint density at radius 3 is 2.33 bits per heavy atom. The maximum absolute atomic E-state index is 5.55. The van der Waals surface area contributed by atoms with E-state index in [1.807, 2.05) is 13.8 Å². The van der Waals surface area contributed by atoms with Gasteiger partial charge in [-0.15, -0.1) is 0 Å². The van der Waals surface area contributed by atoms with Gasteiger partial charge < -0.3 is 9.47 Å². The zero-order valence-electron chi connectivity index (χ0n) is 12.6. The molecule has 1 aliphatic carbocycles. The third kappa shape index (κ3) is 4.25. The fourth-order valence-corrected chi connectivity index (χ4v) is 2.67. The minimum atomic E-state index is -0.210. The van der Waals surface area contributed by atoms with Crippen molar-refractivity contribution in [2.45, 2.75) is 60.2 Å². The molecule has 1 rings (SSSR count). The Morgan fingerprint density at radius 1 is 1.22 bits per heavy atom. The summed E-state index contributed by atoms with van der Waals surface area (Å²) in [4.78, 5) is 0. The highest BCUT2D eigenvalue weighted by molar-refractivity contribution is 5.32. The lowest BCUT2D eigenvalue weighted by Gasteiger charge is -2.33. The van der Waals surface area contributed by atoms with E-state index in [0.717, 1.165) is 0 Å². The average molecular weight is 252 g/mol. The van der Waals surface area contributed by atoms with Crippen LogP contribution >= 0.6 is 0 Å². The van der Waals surface area contributed by atoms with Crippen LogP contribution in [0.3, 0.4) is 0 Å². The molecule has 0 fully saturated rings. The van der Waals surface area contributed by atoms with Crippen molar-refractivity contribution in [3.63, 3.8) is 0 Å². The minimum absolute atomic E-state index is 0.210. The molecule has 0 saturated carbocycles. The zero-order chi connectivity index (χ0) is 13.6. The summed E-state index contributed by atoms with van der Waals surface area (Å²) in [6, 6.07) is 0. The van der Waals surface area contributed by atoms with E-state index in [9.17, 15) is 0 Å². The lowest BCUT2D eigenvalue weighted by Crippen LogP contribution is -2.20. The lowest BCUT2D eigenvalue weighted by molar-refractivity contribution is -0.103. The van der Waals surface area contributed by atoms with Crippen molar-refractivity contribution in [3.8, 4) is 0 Å². The van der Waals surface area contributed by atoms with Gasteiger partial charge in [-0.3, -0.25) is 0 Å². The molecule has 0 bridgehead atoms. The molecule has 104 valence electrons. The second-order valence-corrected chi connectivity index (χ2v) is 5.57. The van der Waals surface area contributed by atoms with Crippen molar-refractivity contribution in [2.24, 2.45) is 5.41 Å². The van der Waals surface area contributed by atoms with E-state index < -0.39 is 0 Å². The quantitative estimate of drug-likeness (QED) is 0.649. The first kappa shape index (κ1) is 15.5. The first-order valence-electron chi connectivity index (χ1n) is 7.13. The molecule has 0 unspecified atom stereocenters. The summed E-state index contributed by atoms with van der Waals surface area (Å²) in [6.45, 7) is 12.2. The van der Waals surface area contributed by atoms with Gasteiger partial charge in [0, 0.05) is 13.2 Å². The van der Waals surface area contributed by atoms with Crippen LogP contribution in [0.15, 0.2) is 23.3 Å². The van der Waals surface area contributed by atoms with Crippen molar-refractivity contribution in [2.75, 3.05) is 13.2 Å². The minimum Gasteiger partial charge on any atom is -0.349 e. The van der Waals surface area contributed by atoms with E-state index in [1.165, 1.54) is 30.4 Å². The van der Waals surface area contributed by atoms with Gasteiger partial charge in [0.25, 0.3) is 0 Å². The van der Waals surface area contributed by atoms with Crippen LogP contribution in [0.25, 0.3) is 0 Å². The molecule has 0 aromatic carbocycles. The summed E-state index contributed by atoms with van der Waals surface area (Å²) in [5.41, 5.74) is 3.24. The third-order valence-corrected chi connectivity index (χ3v) is 3.62. The monoisotopic (exact) mass is 252 g/mol. The maximum Gasteiger partial charge on any atom is 0.177 e. The summed E-state index contributed by atoms with van der Waals surface area (Å²) >= 11 is 0. The number of hydrogen-bond acceptors (Lipinski definition) is 2. The average Bonchev–Trinajstić information content (AvgIpc) is 2.28. The normalized spacial score (nSPS) is 20.1. The Hall–Kier alpha value is -0.600. The molecule has 0 N–H and O–H groups in total. The predicted molar refractivity (Wildman–Crippen MR) is 76.5 cm³/mol. The topological polar surface area (TPSA) is 18.5 Å². The van der Waals surface area contributed by atoms with Crippen LogP contribution in [0.4, 0.5) is 0 Å². The van der Waals surface area contributed by atoms with Gasteiger partial charge in [-0.1, -0.05) is 25.5 Å². The molecule has 0 atom stereocenters. The molecule has 0 amide bonds. The summed E-state index contributed by atoms with van der Waals surface area (Å²) in [5, 5.41) is 0. The molecule has 0 radical (unpaired) electrons. The number of hydrogen-bond donors (Lipinski definition) is 0. The first-order valence-corrected chi connectivity index (χ1v) is 7.13. The first-order chi connectivity index (χ1) is 8.51. The van der Waals surface area contributed by atoms with Crippen LogP contribution in [0.2, 0.25) is 0 Å². The van der Waals surface area contributed by atoms with Gasteiger partial charge in [0.2, 0.25) is 0 Å². The van der Waals surface area contributed by atoms with Crippen molar-refractivity contribution < 1.29 is 9.47 Å². The molecule has 0 spiro atoms.